The van der Waals surface area contributed by atoms with E-state index in [1.54, 1.807) is 0 Å². The maximum atomic E-state index is 12.4. The van der Waals surface area contributed by atoms with Crippen LogP contribution < -0.4 is 5.73 Å². The fraction of sp³-hybridized carbons (Fsp3) is 0.562. The second-order valence-corrected chi connectivity index (χ2v) is 5.94. The molecule has 104 valence electrons. The van der Waals surface area contributed by atoms with E-state index >= 15 is 0 Å². The molecule has 0 bridgehead atoms. The predicted octanol–water partition coefficient (Wildman–Crippen LogP) is 2.31. The fourth-order valence-electron chi connectivity index (χ4n) is 2.57. The van der Waals surface area contributed by atoms with Gasteiger partial charge in [-0.1, -0.05) is 12.1 Å². The van der Waals surface area contributed by atoms with Crippen LogP contribution in [0.3, 0.4) is 0 Å². The predicted molar refractivity (Wildman–Crippen MR) is 77.8 cm³/mol. The van der Waals surface area contributed by atoms with Crippen LogP contribution in [0.15, 0.2) is 12.1 Å². The van der Waals surface area contributed by atoms with Crippen molar-refractivity contribution >= 4 is 5.91 Å². The van der Waals surface area contributed by atoms with Crippen LogP contribution in [0.5, 0.6) is 0 Å². The lowest BCUT2D eigenvalue weighted by Crippen LogP contribution is -2.37. The summed E-state index contributed by atoms with van der Waals surface area (Å²) in [6.07, 6.45) is 1.89. The van der Waals surface area contributed by atoms with E-state index in [-0.39, 0.29) is 11.3 Å². The third kappa shape index (κ3) is 2.52. The smallest absolute Gasteiger partial charge is 0.230 e. The standard InChI is InChI=1S/C16H24N2O/c1-11-5-6-14(13(3)12(11)2)9-18(4)15(19)16(10-17)7-8-16/h5-6H,7-10,17H2,1-4H3. The Morgan fingerprint density at radius 1 is 1.26 bits per heavy atom. The van der Waals surface area contributed by atoms with E-state index in [1.807, 2.05) is 11.9 Å². The quantitative estimate of drug-likeness (QED) is 0.903. The Balaban J connectivity index is 2.13. The van der Waals surface area contributed by atoms with Gasteiger partial charge in [0.25, 0.3) is 0 Å². The first-order chi connectivity index (χ1) is 8.91. The molecule has 0 radical (unpaired) electrons. The number of amides is 1. The van der Waals surface area contributed by atoms with E-state index in [1.165, 1.54) is 22.3 Å². The van der Waals surface area contributed by atoms with Gasteiger partial charge in [-0.3, -0.25) is 4.79 Å². The number of aryl methyl sites for hydroxylation is 1. The van der Waals surface area contributed by atoms with Crippen LogP contribution in [0.1, 0.15) is 35.1 Å². The molecule has 0 spiro atoms. The highest BCUT2D eigenvalue weighted by atomic mass is 16.2. The van der Waals surface area contributed by atoms with E-state index in [2.05, 4.69) is 32.9 Å². The van der Waals surface area contributed by atoms with Crippen molar-refractivity contribution in [1.29, 1.82) is 0 Å². The molecule has 1 aromatic carbocycles. The highest BCUT2D eigenvalue weighted by Crippen LogP contribution is 2.46. The second kappa shape index (κ2) is 4.97. The molecule has 0 saturated heterocycles. The molecule has 19 heavy (non-hydrogen) atoms. The summed E-state index contributed by atoms with van der Waals surface area (Å²) in [6, 6.07) is 4.26. The van der Waals surface area contributed by atoms with Crippen molar-refractivity contribution in [3.8, 4) is 0 Å². The van der Waals surface area contributed by atoms with Crippen LogP contribution in [0.4, 0.5) is 0 Å². The van der Waals surface area contributed by atoms with Gasteiger partial charge in [0.15, 0.2) is 0 Å². The van der Waals surface area contributed by atoms with E-state index in [0.717, 1.165) is 12.8 Å². The lowest BCUT2D eigenvalue weighted by molar-refractivity contribution is -0.135. The van der Waals surface area contributed by atoms with Gasteiger partial charge in [-0.25, -0.2) is 0 Å². The first-order valence-corrected chi connectivity index (χ1v) is 6.92. The summed E-state index contributed by atoms with van der Waals surface area (Å²) in [5, 5.41) is 0. The highest BCUT2D eigenvalue weighted by Gasteiger charge is 2.49. The molecule has 0 heterocycles. The lowest BCUT2D eigenvalue weighted by Gasteiger charge is -2.24. The minimum absolute atomic E-state index is 0.202. The maximum Gasteiger partial charge on any atom is 0.230 e. The number of nitrogens with zero attached hydrogens (tertiary/aromatic N) is 1. The summed E-state index contributed by atoms with van der Waals surface area (Å²) in [5.41, 5.74) is 10.6. The van der Waals surface area contributed by atoms with E-state index in [9.17, 15) is 4.79 Å². The minimum Gasteiger partial charge on any atom is -0.341 e. The van der Waals surface area contributed by atoms with Gasteiger partial charge < -0.3 is 10.6 Å². The average molecular weight is 260 g/mol. The molecule has 1 aliphatic rings. The summed E-state index contributed by atoms with van der Waals surface area (Å²) in [6.45, 7) is 7.54. The number of benzene rings is 1. The van der Waals surface area contributed by atoms with Gasteiger partial charge in [-0.05, 0) is 55.9 Å². The van der Waals surface area contributed by atoms with Crippen molar-refractivity contribution < 1.29 is 4.79 Å². The summed E-state index contributed by atoms with van der Waals surface area (Å²) in [7, 11) is 1.88. The molecule has 3 nitrogen and oxygen atoms in total. The van der Waals surface area contributed by atoms with Crippen LogP contribution in [0.25, 0.3) is 0 Å². The lowest BCUT2D eigenvalue weighted by atomic mass is 9.98. The Labute approximate surface area is 115 Å². The zero-order valence-corrected chi connectivity index (χ0v) is 12.4. The maximum absolute atomic E-state index is 12.4. The Bertz CT molecular complexity index is 504. The number of hydrogen-bond acceptors (Lipinski definition) is 2. The van der Waals surface area contributed by atoms with Crippen molar-refractivity contribution in [2.45, 2.75) is 40.2 Å². The van der Waals surface area contributed by atoms with Crippen molar-refractivity contribution in [2.24, 2.45) is 11.1 Å². The normalized spacial score (nSPS) is 16.3. The molecular formula is C16H24N2O. The largest absolute Gasteiger partial charge is 0.341 e. The average Bonchev–Trinajstić information content (AvgIpc) is 3.19. The van der Waals surface area contributed by atoms with Gasteiger partial charge in [-0.15, -0.1) is 0 Å². The molecule has 2 rings (SSSR count). The second-order valence-electron chi connectivity index (χ2n) is 5.94. The molecule has 0 atom stereocenters. The van der Waals surface area contributed by atoms with E-state index in [0.29, 0.717) is 13.1 Å². The summed E-state index contributed by atoms with van der Waals surface area (Å²) >= 11 is 0. The zero-order chi connectivity index (χ0) is 14.2. The molecular weight excluding hydrogens is 236 g/mol. The summed E-state index contributed by atoms with van der Waals surface area (Å²) < 4.78 is 0. The molecule has 1 aromatic rings. The van der Waals surface area contributed by atoms with Crippen LogP contribution in [-0.2, 0) is 11.3 Å². The SMILES string of the molecule is Cc1ccc(CN(C)C(=O)C2(CN)CC2)c(C)c1C. The fourth-order valence-corrected chi connectivity index (χ4v) is 2.57. The summed E-state index contributed by atoms with van der Waals surface area (Å²) in [4.78, 5) is 14.2. The van der Waals surface area contributed by atoms with Gasteiger partial charge in [0.1, 0.15) is 0 Å². The zero-order valence-electron chi connectivity index (χ0n) is 12.4. The van der Waals surface area contributed by atoms with Crippen molar-refractivity contribution in [1.82, 2.24) is 4.90 Å². The van der Waals surface area contributed by atoms with Crippen LogP contribution >= 0.6 is 0 Å². The number of hydrogen-bond donors (Lipinski definition) is 1. The van der Waals surface area contributed by atoms with Crippen molar-refractivity contribution in [3.63, 3.8) is 0 Å². The molecule has 1 aliphatic carbocycles. The van der Waals surface area contributed by atoms with Crippen LogP contribution in [0, 0.1) is 26.2 Å². The van der Waals surface area contributed by atoms with E-state index in [4.69, 9.17) is 5.73 Å². The number of carbonyl (C=O) groups is 1. The van der Waals surface area contributed by atoms with Gasteiger partial charge in [0, 0.05) is 20.1 Å². The van der Waals surface area contributed by atoms with E-state index < -0.39 is 0 Å². The number of nitrogens with two attached hydrogens (primary N) is 1. The van der Waals surface area contributed by atoms with Gasteiger partial charge in [-0.2, -0.15) is 0 Å². The van der Waals surface area contributed by atoms with Gasteiger partial charge >= 0.3 is 0 Å². The molecule has 0 aliphatic heterocycles. The van der Waals surface area contributed by atoms with Crippen LogP contribution in [0.2, 0.25) is 0 Å². The third-order valence-corrected chi connectivity index (χ3v) is 4.62. The van der Waals surface area contributed by atoms with Gasteiger partial charge in [0.05, 0.1) is 5.41 Å². The minimum atomic E-state index is -0.248. The number of carbonyl (C=O) groups excluding carboxylic acids is 1. The van der Waals surface area contributed by atoms with Crippen molar-refractivity contribution in [3.05, 3.63) is 34.4 Å². The molecule has 3 heteroatoms. The molecule has 1 amide bonds. The monoisotopic (exact) mass is 260 g/mol. The van der Waals surface area contributed by atoms with Crippen LogP contribution in [-0.4, -0.2) is 24.4 Å². The number of rotatable bonds is 4. The Hall–Kier alpha value is -1.35. The highest BCUT2D eigenvalue weighted by molar-refractivity contribution is 5.85. The molecule has 2 N–H and O–H groups in total. The first kappa shape index (κ1) is 14.1. The molecule has 0 aromatic heterocycles. The summed E-state index contributed by atoms with van der Waals surface area (Å²) in [5.74, 6) is 0.202. The Morgan fingerprint density at radius 2 is 1.89 bits per heavy atom. The van der Waals surface area contributed by atoms with Gasteiger partial charge in [0.2, 0.25) is 5.91 Å². The first-order valence-electron chi connectivity index (χ1n) is 6.92. The Morgan fingerprint density at radius 3 is 2.42 bits per heavy atom. The van der Waals surface area contributed by atoms with Crippen molar-refractivity contribution in [2.75, 3.05) is 13.6 Å². The topological polar surface area (TPSA) is 46.3 Å². The Kier molecular flexibility index (Phi) is 3.68. The molecule has 1 saturated carbocycles. The molecule has 1 fully saturated rings. The molecule has 0 unspecified atom stereocenters. The third-order valence-electron chi connectivity index (χ3n) is 4.62.